The summed E-state index contributed by atoms with van der Waals surface area (Å²) in [6.07, 6.45) is 4.70. The van der Waals surface area contributed by atoms with E-state index >= 15 is 0 Å². The molecule has 0 spiro atoms. The summed E-state index contributed by atoms with van der Waals surface area (Å²) in [5.74, 6) is 0.131. The van der Waals surface area contributed by atoms with Crippen LogP contribution < -0.4 is 0 Å². The van der Waals surface area contributed by atoms with E-state index in [9.17, 15) is 8.42 Å². The van der Waals surface area contributed by atoms with E-state index in [0.29, 0.717) is 32.4 Å². The fraction of sp³-hybridized carbons (Fsp3) is 1.00. The molecule has 0 bridgehead atoms. The lowest BCUT2D eigenvalue weighted by molar-refractivity contribution is -0.0820. The van der Waals surface area contributed by atoms with Crippen molar-refractivity contribution in [2.45, 2.75) is 57.8 Å². The zero-order chi connectivity index (χ0) is 16.9. The summed E-state index contributed by atoms with van der Waals surface area (Å²) < 4.78 is 43.5. The molecule has 0 aromatic heterocycles. The molecule has 2 fully saturated rings. The van der Waals surface area contributed by atoms with Crippen LogP contribution in [-0.2, 0) is 24.2 Å². The average Bonchev–Trinajstić information content (AvgIpc) is 2.98. The number of hydrogen-bond acceptors (Lipinski definition) is 5. The Morgan fingerprint density at radius 2 is 1.96 bits per heavy atom. The summed E-state index contributed by atoms with van der Waals surface area (Å²) in [6, 6.07) is 0. The number of ether oxygens (including phenoxy) is 3. The van der Waals surface area contributed by atoms with Crippen molar-refractivity contribution >= 4 is 10.0 Å². The van der Waals surface area contributed by atoms with Crippen molar-refractivity contribution in [1.82, 2.24) is 4.31 Å². The van der Waals surface area contributed by atoms with Crippen LogP contribution >= 0.6 is 0 Å². The summed E-state index contributed by atoms with van der Waals surface area (Å²) in [6.45, 7) is 5.57. The van der Waals surface area contributed by atoms with Gasteiger partial charge in [-0.05, 0) is 25.7 Å². The van der Waals surface area contributed by atoms with Crippen molar-refractivity contribution in [3.05, 3.63) is 0 Å². The molecule has 3 atom stereocenters. The molecule has 2 aliphatic rings. The van der Waals surface area contributed by atoms with Crippen molar-refractivity contribution < 1.29 is 22.6 Å². The van der Waals surface area contributed by atoms with Crippen LogP contribution in [0.15, 0.2) is 0 Å². The minimum atomic E-state index is -3.29. The van der Waals surface area contributed by atoms with Crippen LogP contribution in [0, 0.1) is 5.92 Å². The molecule has 7 heteroatoms. The van der Waals surface area contributed by atoms with Gasteiger partial charge < -0.3 is 14.2 Å². The number of morpholine rings is 1. The topological polar surface area (TPSA) is 65.1 Å². The van der Waals surface area contributed by atoms with Crippen LogP contribution in [0.3, 0.4) is 0 Å². The molecule has 0 aromatic rings. The lowest BCUT2D eigenvalue weighted by Crippen LogP contribution is -2.51. The highest BCUT2D eigenvalue weighted by Gasteiger charge is 2.33. The highest BCUT2D eigenvalue weighted by atomic mass is 32.2. The standard InChI is InChI=1S/C16H31NO5S/c1-13(10-21-15-6-4-5-7-15)12-23(18,19)17-8-14(2)22-16(9-17)11-20-3/h13-16H,4-12H2,1-3H3. The fourth-order valence-electron chi connectivity index (χ4n) is 3.38. The van der Waals surface area contributed by atoms with Crippen LogP contribution in [0.2, 0.25) is 0 Å². The number of rotatable bonds is 8. The van der Waals surface area contributed by atoms with Gasteiger partial charge in [-0.25, -0.2) is 8.42 Å². The Kier molecular flexibility index (Phi) is 7.28. The van der Waals surface area contributed by atoms with E-state index in [4.69, 9.17) is 14.2 Å². The predicted molar refractivity (Wildman–Crippen MR) is 88.9 cm³/mol. The molecule has 0 aromatic carbocycles. The lowest BCUT2D eigenvalue weighted by Gasteiger charge is -2.36. The third-order valence-corrected chi connectivity index (χ3v) is 6.53. The summed E-state index contributed by atoms with van der Waals surface area (Å²) in [5.41, 5.74) is 0. The van der Waals surface area contributed by atoms with Gasteiger partial charge in [0.25, 0.3) is 0 Å². The Hall–Kier alpha value is -0.210. The first-order valence-electron chi connectivity index (χ1n) is 8.64. The monoisotopic (exact) mass is 349 g/mol. The molecular weight excluding hydrogens is 318 g/mol. The Bertz CT molecular complexity index is 449. The van der Waals surface area contributed by atoms with E-state index in [1.807, 2.05) is 13.8 Å². The number of hydrogen-bond donors (Lipinski definition) is 0. The van der Waals surface area contributed by atoms with Crippen LogP contribution in [0.5, 0.6) is 0 Å². The molecule has 1 aliphatic carbocycles. The third-order valence-electron chi connectivity index (χ3n) is 4.45. The van der Waals surface area contributed by atoms with Crippen molar-refractivity contribution in [2.75, 3.05) is 39.2 Å². The van der Waals surface area contributed by atoms with Gasteiger partial charge in [0.2, 0.25) is 10.0 Å². The number of nitrogens with zero attached hydrogens (tertiary/aromatic N) is 1. The van der Waals surface area contributed by atoms with E-state index in [1.165, 1.54) is 12.8 Å². The van der Waals surface area contributed by atoms with Gasteiger partial charge in [-0.1, -0.05) is 19.8 Å². The second-order valence-corrected chi connectivity index (χ2v) is 8.98. The molecule has 1 aliphatic heterocycles. The van der Waals surface area contributed by atoms with Crippen molar-refractivity contribution in [2.24, 2.45) is 5.92 Å². The van der Waals surface area contributed by atoms with Gasteiger partial charge in [0.05, 0.1) is 37.3 Å². The average molecular weight is 349 g/mol. The van der Waals surface area contributed by atoms with Gasteiger partial charge in [-0.15, -0.1) is 0 Å². The molecule has 1 saturated heterocycles. The second-order valence-electron chi connectivity index (χ2n) is 6.96. The first-order chi connectivity index (χ1) is 10.9. The Morgan fingerprint density at radius 3 is 2.61 bits per heavy atom. The Morgan fingerprint density at radius 1 is 1.26 bits per heavy atom. The first kappa shape index (κ1) is 19.1. The van der Waals surface area contributed by atoms with E-state index in [2.05, 4.69) is 0 Å². The second kappa shape index (κ2) is 8.76. The maximum atomic E-state index is 12.7. The summed E-state index contributed by atoms with van der Waals surface area (Å²) in [7, 11) is -1.69. The fourth-order valence-corrected chi connectivity index (χ4v) is 5.23. The summed E-state index contributed by atoms with van der Waals surface area (Å²) in [5, 5.41) is 0. The minimum Gasteiger partial charge on any atom is -0.382 e. The predicted octanol–water partition coefficient (Wildman–Crippen LogP) is 1.65. The molecule has 0 radical (unpaired) electrons. The van der Waals surface area contributed by atoms with Gasteiger partial charge in [0.1, 0.15) is 0 Å². The zero-order valence-electron chi connectivity index (χ0n) is 14.6. The molecule has 136 valence electrons. The van der Waals surface area contributed by atoms with Gasteiger partial charge in [0.15, 0.2) is 0 Å². The molecule has 3 unspecified atom stereocenters. The van der Waals surface area contributed by atoms with Crippen LogP contribution in [0.1, 0.15) is 39.5 Å². The summed E-state index contributed by atoms with van der Waals surface area (Å²) >= 11 is 0. The largest absolute Gasteiger partial charge is 0.382 e. The smallest absolute Gasteiger partial charge is 0.214 e. The highest BCUT2D eigenvalue weighted by molar-refractivity contribution is 7.89. The van der Waals surface area contributed by atoms with Crippen molar-refractivity contribution in [1.29, 1.82) is 0 Å². The first-order valence-corrected chi connectivity index (χ1v) is 10.3. The van der Waals surface area contributed by atoms with Gasteiger partial charge in [0, 0.05) is 20.2 Å². The normalized spacial score (nSPS) is 29.0. The Balaban J connectivity index is 1.83. The SMILES string of the molecule is COCC1CN(S(=O)(=O)CC(C)COC2CCCC2)CC(C)O1. The highest BCUT2D eigenvalue weighted by Crippen LogP contribution is 2.22. The van der Waals surface area contributed by atoms with Gasteiger partial charge >= 0.3 is 0 Å². The van der Waals surface area contributed by atoms with E-state index in [0.717, 1.165) is 12.8 Å². The van der Waals surface area contributed by atoms with Crippen molar-refractivity contribution in [3.8, 4) is 0 Å². The quantitative estimate of drug-likeness (QED) is 0.667. The van der Waals surface area contributed by atoms with E-state index in [-0.39, 0.29) is 23.9 Å². The van der Waals surface area contributed by atoms with Gasteiger partial charge in [-0.3, -0.25) is 0 Å². The molecule has 2 rings (SSSR count). The molecule has 23 heavy (non-hydrogen) atoms. The third kappa shape index (κ3) is 5.98. The molecule has 1 saturated carbocycles. The van der Waals surface area contributed by atoms with Crippen LogP contribution in [0.4, 0.5) is 0 Å². The van der Waals surface area contributed by atoms with Crippen molar-refractivity contribution in [3.63, 3.8) is 0 Å². The zero-order valence-corrected chi connectivity index (χ0v) is 15.4. The number of methoxy groups -OCH3 is 1. The van der Waals surface area contributed by atoms with Gasteiger partial charge in [-0.2, -0.15) is 4.31 Å². The number of sulfonamides is 1. The van der Waals surface area contributed by atoms with Crippen LogP contribution in [-0.4, -0.2) is 70.2 Å². The van der Waals surface area contributed by atoms with E-state index in [1.54, 1.807) is 11.4 Å². The lowest BCUT2D eigenvalue weighted by atomic mass is 10.2. The molecule has 0 amide bonds. The maximum Gasteiger partial charge on any atom is 0.214 e. The van der Waals surface area contributed by atoms with Crippen LogP contribution in [0.25, 0.3) is 0 Å². The molecular formula is C16H31NO5S. The molecule has 6 nitrogen and oxygen atoms in total. The Labute approximate surface area is 140 Å². The minimum absolute atomic E-state index is 0.000346. The molecule has 1 heterocycles. The summed E-state index contributed by atoms with van der Waals surface area (Å²) in [4.78, 5) is 0. The van der Waals surface area contributed by atoms with E-state index < -0.39 is 10.0 Å². The maximum absolute atomic E-state index is 12.7. The molecule has 0 N–H and O–H groups in total.